The second-order valence-electron chi connectivity index (χ2n) is 9.94. The van der Waals surface area contributed by atoms with Crippen LogP contribution in [0.4, 0.5) is 10.5 Å². The zero-order chi connectivity index (χ0) is 25.6. The van der Waals surface area contributed by atoms with Crippen molar-refractivity contribution < 1.29 is 19.2 Å². The number of ether oxygens (including phenoxy) is 1. The molecule has 0 N–H and O–H groups in total. The van der Waals surface area contributed by atoms with Gasteiger partial charge in [-0.3, -0.25) is 14.5 Å². The van der Waals surface area contributed by atoms with Crippen LogP contribution < -0.4 is 5.06 Å². The van der Waals surface area contributed by atoms with Crippen LogP contribution in [0.5, 0.6) is 0 Å². The van der Waals surface area contributed by atoms with Gasteiger partial charge in [0.2, 0.25) is 0 Å². The van der Waals surface area contributed by atoms with Crippen molar-refractivity contribution in [2.45, 2.75) is 65.6 Å². The smallest absolute Gasteiger partial charge is 0.439 e. The first-order valence-electron chi connectivity index (χ1n) is 12.0. The van der Waals surface area contributed by atoms with Gasteiger partial charge in [0.25, 0.3) is 5.91 Å². The fourth-order valence-corrected chi connectivity index (χ4v) is 4.12. The summed E-state index contributed by atoms with van der Waals surface area (Å²) in [6.07, 6.45) is 2.47. The molecule has 2 heterocycles. The normalized spacial score (nSPS) is 15.0. The van der Waals surface area contributed by atoms with Gasteiger partial charge in [0.15, 0.2) is 6.61 Å². The van der Waals surface area contributed by atoms with Crippen molar-refractivity contribution in [3.63, 3.8) is 0 Å². The van der Waals surface area contributed by atoms with Crippen LogP contribution in [0.15, 0.2) is 36.7 Å². The summed E-state index contributed by atoms with van der Waals surface area (Å²) in [7, 11) is 1.79. The molecule has 9 heteroatoms. The van der Waals surface area contributed by atoms with Crippen molar-refractivity contribution >= 4 is 17.7 Å². The molecule has 1 fully saturated rings. The topological polar surface area (TPSA) is 88.1 Å². The van der Waals surface area contributed by atoms with Crippen molar-refractivity contribution in [2.75, 3.05) is 31.8 Å². The highest BCUT2D eigenvalue weighted by atomic mass is 16.7. The zero-order valence-electron chi connectivity index (χ0n) is 21.7. The molecule has 0 spiro atoms. The average Bonchev–Trinajstić information content (AvgIpc) is 2.80. The van der Waals surface area contributed by atoms with E-state index in [2.05, 4.69) is 39.1 Å². The molecular formula is C26H37N5O4. The molecule has 3 rings (SSSR count). The Kier molecular flexibility index (Phi) is 8.80. The summed E-state index contributed by atoms with van der Waals surface area (Å²) in [4.78, 5) is 44.2. The molecule has 0 unspecified atom stereocenters. The highest BCUT2D eigenvalue weighted by Gasteiger charge is 2.30. The number of likely N-dealkylation sites (N-methyl/N-ethyl adjacent to an activating group) is 1. The zero-order valence-corrected chi connectivity index (χ0v) is 21.7. The number of hydroxylamine groups is 1. The Bertz CT molecular complexity index is 980. The van der Waals surface area contributed by atoms with Gasteiger partial charge in [-0.2, -0.15) is 0 Å². The number of benzene rings is 1. The van der Waals surface area contributed by atoms with Gasteiger partial charge in [0.05, 0.1) is 11.4 Å². The number of hydrogen-bond acceptors (Lipinski definition) is 7. The van der Waals surface area contributed by atoms with Crippen LogP contribution in [-0.4, -0.2) is 70.2 Å². The number of aromatic nitrogens is 2. The summed E-state index contributed by atoms with van der Waals surface area (Å²) in [5, 5.41) is 1.00. The Labute approximate surface area is 208 Å². The molecule has 0 saturated carbocycles. The fourth-order valence-electron chi connectivity index (χ4n) is 4.12. The number of carbonyl (C=O) groups excluding carboxylic acids is 2. The van der Waals surface area contributed by atoms with E-state index in [9.17, 15) is 9.59 Å². The van der Waals surface area contributed by atoms with Crippen molar-refractivity contribution in [1.29, 1.82) is 0 Å². The maximum absolute atomic E-state index is 13.0. The minimum atomic E-state index is -0.731. The van der Waals surface area contributed by atoms with Gasteiger partial charge in [-0.15, -0.1) is 5.06 Å². The van der Waals surface area contributed by atoms with Gasteiger partial charge in [0, 0.05) is 32.7 Å². The monoisotopic (exact) mass is 483 g/mol. The third-order valence-corrected chi connectivity index (χ3v) is 6.01. The van der Waals surface area contributed by atoms with E-state index in [0.717, 1.165) is 37.5 Å². The number of amides is 2. The lowest BCUT2D eigenvalue weighted by atomic mass is 10.0. The third kappa shape index (κ3) is 7.47. The van der Waals surface area contributed by atoms with Crippen LogP contribution in [0.1, 0.15) is 50.6 Å². The van der Waals surface area contributed by atoms with Crippen molar-refractivity contribution in [2.24, 2.45) is 0 Å². The number of piperidine rings is 1. The molecule has 2 amide bonds. The van der Waals surface area contributed by atoms with Crippen molar-refractivity contribution in [3.8, 4) is 0 Å². The molecule has 0 bridgehead atoms. The highest BCUT2D eigenvalue weighted by molar-refractivity contribution is 5.87. The molecule has 9 nitrogen and oxygen atoms in total. The van der Waals surface area contributed by atoms with E-state index in [1.165, 1.54) is 11.9 Å². The number of anilines is 1. The summed E-state index contributed by atoms with van der Waals surface area (Å²) >= 11 is 0. The van der Waals surface area contributed by atoms with E-state index in [-0.39, 0.29) is 18.6 Å². The van der Waals surface area contributed by atoms with Crippen LogP contribution in [0.25, 0.3) is 0 Å². The number of hydrogen-bond donors (Lipinski definition) is 0. The second kappa shape index (κ2) is 11.6. The minimum Gasteiger partial charge on any atom is -0.442 e. The van der Waals surface area contributed by atoms with Gasteiger partial charge < -0.3 is 9.64 Å². The van der Waals surface area contributed by atoms with Crippen LogP contribution in [0, 0.1) is 13.8 Å². The van der Waals surface area contributed by atoms with E-state index in [0.29, 0.717) is 17.1 Å². The summed E-state index contributed by atoms with van der Waals surface area (Å²) in [6.45, 7) is 11.3. The van der Waals surface area contributed by atoms with E-state index in [4.69, 9.17) is 9.57 Å². The predicted molar refractivity (Wildman–Crippen MR) is 134 cm³/mol. The summed E-state index contributed by atoms with van der Waals surface area (Å²) in [6, 6.07) is 10.5. The van der Waals surface area contributed by atoms with Crippen molar-refractivity contribution in [1.82, 2.24) is 19.8 Å². The molecule has 35 heavy (non-hydrogen) atoms. The lowest BCUT2D eigenvalue weighted by molar-refractivity contribution is -0.138. The Balaban J connectivity index is 1.60. The second-order valence-corrected chi connectivity index (χ2v) is 9.94. The molecule has 2 aromatic rings. The fraction of sp³-hybridized carbons (Fsp3) is 0.538. The average molecular weight is 484 g/mol. The standard InChI is InChI=1S/C26H37N5O4/c1-19-24(20(2)28-18-27-19)31(25(33)35-26(3,4)5)34-17-23(32)29(6)22-12-14-30(15-13-22)16-21-10-8-7-9-11-21/h7-11,18,22H,12-17H2,1-6H3. The van der Waals surface area contributed by atoms with E-state index in [1.807, 2.05) is 6.07 Å². The van der Waals surface area contributed by atoms with Crippen LogP contribution in [-0.2, 0) is 20.9 Å². The Morgan fingerprint density at radius 2 is 1.66 bits per heavy atom. The largest absolute Gasteiger partial charge is 0.442 e. The molecule has 1 aliphatic heterocycles. The van der Waals surface area contributed by atoms with Gasteiger partial charge in [-0.05, 0) is 53.0 Å². The number of likely N-dealkylation sites (tertiary alicyclic amines) is 1. The van der Waals surface area contributed by atoms with Gasteiger partial charge in [0.1, 0.15) is 17.6 Å². The SMILES string of the molecule is Cc1ncnc(C)c1N(OCC(=O)N(C)C1CCN(Cc2ccccc2)CC1)C(=O)OC(C)(C)C. The highest BCUT2D eigenvalue weighted by Crippen LogP contribution is 2.24. The lowest BCUT2D eigenvalue weighted by Gasteiger charge is -2.37. The quantitative estimate of drug-likeness (QED) is 0.552. The maximum Gasteiger partial charge on any atom is 0.439 e. The first-order valence-corrected chi connectivity index (χ1v) is 12.0. The number of nitrogens with zero attached hydrogens (tertiary/aromatic N) is 5. The Hall–Kier alpha value is -3.04. The van der Waals surface area contributed by atoms with Crippen LogP contribution in [0.2, 0.25) is 0 Å². The van der Waals surface area contributed by atoms with E-state index in [1.54, 1.807) is 46.6 Å². The molecule has 1 saturated heterocycles. The summed E-state index contributed by atoms with van der Waals surface area (Å²) < 4.78 is 5.51. The first-order chi connectivity index (χ1) is 16.5. The van der Waals surface area contributed by atoms with Gasteiger partial charge >= 0.3 is 6.09 Å². The Morgan fingerprint density at radius 1 is 1.06 bits per heavy atom. The molecule has 0 atom stereocenters. The van der Waals surface area contributed by atoms with E-state index >= 15 is 0 Å². The first kappa shape index (κ1) is 26.6. The third-order valence-electron chi connectivity index (χ3n) is 6.01. The van der Waals surface area contributed by atoms with Gasteiger partial charge in [-0.25, -0.2) is 14.8 Å². The van der Waals surface area contributed by atoms with Crippen LogP contribution in [0.3, 0.4) is 0 Å². The summed E-state index contributed by atoms with van der Waals surface area (Å²) in [5.41, 5.74) is 2.04. The lowest BCUT2D eigenvalue weighted by Crippen LogP contribution is -2.47. The summed E-state index contributed by atoms with van der Waals surface area (Å²) in [5.74, 6) is -0.202. The van der Waals surface area contributed by atoms with Crippen molar-refractivity contribution in [3.05, 3.63) is 53.6 Å². The number of carbonyl (C=O) groups is 2. The van der Waals surface area contributed by atoms with E-state index < -0.39 is 11.7 Å². The predicted octanol–water partition coefficient (Wildman–Crippen LogP) is 3.89. The molecule has 0 aliphatic carbocycles. The Morgan fingerprint density at radius 3 is 2.23 bits per heavy atom. The van der Waals surface area contributed by atoms with Crippen LogP contribution >= 0.6 is 0 Å². The molecule has 1 aromatic heterocycles. The molecule has 1 aromatic carbocycles. The molecule has 190 valence electrons. The molecule has 1 aliphatic rings. The number of rotatable bonds is 7. The number of aryl methyl sites for hydroxylation is 2. The molecular weight excluding hydrogens is 446 g/mol. The maximum atomic E-state index is 13.0. The molecule has 0 radical (unpaired) electrons. The minimum absolute atomic E-state index is 0.122. The van der Waals surface area contributed by atoms with Gasteiger partial charge in [-0.1, -0.05) is 30.3 Å².